The van der Waals surface area contributed by atoms with Gasteiger partial charge in [-0.05, 0) is 70.2 Å². The summed E-state index contributed by atoms with van der Waals surface area (Å²) in [5, 5.41) is 3.16. The summed E-state index contributed by atoms with van der Waals surface area (Å²) < 4.78 is 0. The number of likely N-dealkylation sites (tertiary alicyclic amines) is 2. The van der Waals surface area contributed by atoms with Crippen LogP contribution in [-0.4, -0.2) is 53.8 Å². The molecule has 5 heteroatoms. The molecule has 1 atom stereocenters. The molecule has 5 nitrogen and oxygen atoms in total. The Bertz CT molecular complexity index is 958. The second-order valence-corrected chi connectivity index (χ2v) is 9.49. The average molecular weight is 434 g/mol. The molecule has 2 aliphatic rings. The van der Waals surface area contributed by atoms with E-state index in [1.54, 1.807) is 0 Å². The lowest BCUT2D eigenvalue weighted by Gasteiger charge is -2.34. The van der Waals surface area contributed by atoms with Crippen molar-refractivity contribution >= 4 is 11.8 Å². The molecule has 2 amide bonds. The van der Waals surface area contributed by atoms with E-state index in [2.05, 4.69) is 42.3 Å². The maximum absolute atomic E-state index is 13.1. The Morgan fingerprint density at radius 3 is 2.31 bits per heavy atom. The van der Waals surface area contributed by atoms with E-state index in [0.29, 0.717) is 25.7 Å². The number of hydrogen-bond donors (Lipinski definition) is 1. The summed E-state index contributed by atoms with van der Waals surface area (Å²) in [4.78, 5) is 30.0. The zero-order valence-electron chi connectivity index (χ0n) is 19.6. The third-order valence-corrected chi connectivity index (χ3v) is 6.90. The van der Waals surface area contributed by atoms with Crippen LogP contribution in [0.1, 0.15) is 64.3 Å². The molecule has 170 valence electrons. The van der Waals surface area contributed by atoms with Gasteiger partial charge in [0.05, 0.1) is 6.54 Å². The van der Waals surface area contributed by atoms with Crippen molar-refractivity contribution < 1.29 is 9.59 Å². The summed E-state index contributed by atoms with van der Waals surface area (Å²) in [6.07, 6.45) is 3.87. The van der Waals surface area contributed by atoms with Crippen LogP contribution in [0.15, 0.2) is 42.5 Å². The standard InChI is InChI=1S/C27H35N3O2/c1-19-15-20(2)17-22(16-19)25-9-6-12-30(25)18-26(31)29-13-10-23(11-14-29)28-27(32)24-8-5-4-7-21(24)3/h4-5,7-8,15-17,23,25H,6,9-14,18H2,1-3H3,(H,28,32). The number of hydrogen-bond acceptors (Lipinski definition) is 3. The van der Waals surface area contributed by atoms with E-state index in [4.69, 9.17) is 0 Å². The van der Waals surface area contributed by atoms with Crippen molar-refractivity contribution in [2.75, 3.05) is 26.2 Å². The predicted molar refractivity (Wildman–Crippen MR) is 128 cm³/mol. The Morgan fingerprint density at radius 2 is 1.62 bits per heavy atom. The number of carbonyl (C=O) groups excluding carboxylic acids is 2. The number of amides is 2. The molecule has 32 heavy (non-hydrogen) atoms. The van der Waals surface area contributed by atoms with Gasteiger partial charge in [0, 0.05) is 30.7 Å². The molecule has 0 spiro atoms. The van der Waals surface area contributed by atoms with E-state index in [-0.39, 0.29) is 17.9 Å². The molecule has 0 aromatic heterocycles. The molecule has 1 unspecified atom stereocenters. The van der Waals surface area contributed by atoms with Crippen molar-refractivity contribution in [3.63, 3.8) is 0 Å². The summed E-state index contributed by atoms with van der Waals surface area (Å²) in [7, 11) is 0. The van der Waals surface area contributed by atoms with E-state index in [1.807, 2.05) is 36.1 Å². The monoisotopic (exact) mass is 433 g/mol. The number of piperidine rings is 1. The SMILES string of the molecule is Cc1cc(C)cc(C2CCCN2CC(=O)N2CCC(NC(=O)c3ccccc3C)CC2)c1. The van der Waals surface area contributed by atoms with Gasteiger partial charge >= 0.3 is 0 Å². The summed E-state index contributed by atoms with van der Waals surface area (Å²) in [6.45, 7) is 9.12. The fourth-order valence-electron chi connectivity index (χ4n) is 5.23. The minimum Gasteiger partial charge on any atom is -0.349 e. The van der Waals surface area contributed by atoms with Crippen LogP contribution in [0.3, 0.4) is 0 Å². The van der Waals surface area contributed by atoms with Crippen molar-refractivity contribution in [3.05, 3.63) is 70.3 Å². The first-order valence-electron chi connectivity index (χ1n) is 11.9. The minimum absolute atomic E-state index is 0.0127. The Labute approximate surface area is 191 Å². The zero-order chi connectivity index (χ0) is 22.7. The zero-order valence-corrected chi connectivity index (χ0v) is 19.6. The van der Waals surface area contributed by atoms with Gasteiger partial charge in [0.15, 0.2) is 0 Å². The molecular formula is C27H35N3O2. The Balaban J connectivity index is 1.30. The molecule has 1 N–H and O–H groups in total. The molecule has 2 heterocycles. The van der Waals surface area contributed by atoms with Crippen molar-refractivity contribution in [1.82, 2.24) is 15.1 Å². The maximum atomic E-state index is 13.1. The lowest BCUT2D eigenvalue weighted by Crippen LogP contribution is -2.49. The quantitative estimate of drug-likeness (QED) is 0.770. The van der Waals surface area contributed by atoms with Gasteiger partial charge in [0.25, 0.3) is 5.91 Å². The number of carbonyl (C=O) groups is 2. The highest BCUT2D eigenvalue weighted by Crippen LogP contribution is 2.32. The molecular weight excluding hydrogens is 398 g/mol. The smallest absolute Gasteiger partial charge is 0.251 e. The van der Waals surface area contributed by atoms with Crippen LogP contribution in [0.2, 0.25) is 0 Å². The van der Waals surface area contributed by atoms with Gasteiger partial charge in [0.1, 0.15) is 0 Å². The van der Waals surface area contributed by atoms with E-state index in [0.717, 1.165) is 43.4 Å². The summed E-state index contributed by atoms with van der Waals surface area (Å²) in [5.74, 6) is 0.200. The number of nitrogens with one attached hydrogen (secondary N) is 1. The molecule has 2 aromatic carbocycles. The van der Waals surface area contributed by atoms with Crippen LogP contribution in [0, 0.1) is 20.8 Å². The van der Waals surface area contributed by atoms with Crippen LogP contribution >= 0.6 is 0 Å². The highest BCUT2D eigenvalue weighted by Gasteiger charge is 2.31. The molecule has 2 fully saturated rings. The average Bonchev–Trinajstić information content (AvgIpc) is 3.22. The van der Waals surface area contributed by atoms with E-state index in [1.165, 1.54) is 16.7 Å². The maximum Gasteiger partial charge on any atom is 0.251 e. The van der Waals surface area contributed by atoms with Gasteiger partial charge in [-0.15, -0.1) is 0 Å². The van der Waals surface area contributed by atoms with Crippen molar-refractivity contribution in [2.45, 2.75) is 58.5 Å². The number of benzene rings is 2. The topological polar surface area (TPSA) is 52.7 Å². The second-order valence-electron chi connectivity index (χ2n) is 9.49. The third kappa shape index (κ3) is 5.21. The summed E-state index contributed by atoms with van der Waals surface area (Å²) in [5.41, 5.74) is 5.63. The number of nitrogens with zero attached hydrogens (tertiary/aromatic N) is 2. The fraction of sp³-hybridized carbons (Fsp3) is 0.481. The van der Waals surface area contributed by atoms with Crippen LogP contribution in [-0.2, 0) is 4.79 Å². The van der Waals surface area contributed by atoms with E-state index in [9.17, 15) is 9.59 Å². The molecule has 0 radical (unpaired) electrons. The molecule has 2 aromatic rings. The van der Waals surface area contributed by atoms with Gasteiger partial charge < -0.3 is 10.2 Å². The van der Waals surface area contributed by atoms with Gasteiger partial charge in [-0.2, -0.15) is 0 Å². The second kappa shape index (κ2) is 9.86. The first kappa shape index (κ1) is 22.5. The predicted octanol–water partition coefficient (Wildman–Crippen LogP) is 4.17. The largest absolute Gasteiger partial charge is 0.349 e. The third-order valence-electron chi connectivity index (χ3n) is 6.90. The van der Waals surface area contributed by atoms with Crippen molar-refractivity contribution in [3.8, 4) is 0 Å². The summed E-state index contributed by atoms with van der Waals surface area (Å²) >= 11 is 0. The highest BCUT2D eigenvalue weighted by atomic mass is 16.2. The van der Waals surface area contributed by atoms with E-state index >= 15 is 0 Å². The number of aryl methyl sites for hydroxylation is 3. The van der Waals surface area contributed by atoms with Crippen LogP contribution < -0.4 is 5.32 Å². The lowest BCUT2D eigenvalue weighted by molar-refractivity contribution is -0.133. The normalized spacial score (nSPS) is 19.8. The minimum atomic E-state index is -0.0127. The molecule has 2 aliphatic heterocycles. The van der Waals surface area contributed by atoms with Crippen molar-refractivity contribution in [2.24, 2.45) is 0 Å². The van der Waals surface area contributed by atoms with Gasteiger partial charge in [0.2, 0.25) is 5.91 Å². The lowest BCUT2D eigenvalue weighted by atomic mass is 9.99. The molecule has 2 saturated heterocycles. The molecule has 0 aliphatic carbocycles. The van der Waals surface area contributed by atoms with Gasteiger partial charge in [-0.1, -0.05) is 47.5 Å². The van der Waals surface area contributed by atoms with Gasteiger partial charge in [-0.25, -0.2) is 0 Å². The first-order chi connectivity index (χ1) is 15.4. The Kier molecular flexibility index (Phi) is 6.95. The summed E-state index contributed by atoms with van der Waals surface area (Å²) in [6, 6.07) is 14.9. The Hall–Kier alpha value is -2.66. The molecule has 0 saturated carbocycles. The Morgan fingerprint density at radius 1 is 0.938 bits per heavy atom. The van der Waals surface area contributed by atoms with Gasteiger partial charge in [-0.3, -0.25) is 14.5 Å². The first-order valence-corrected chi connectivity index (χ1v) is 11.9. The fourth-order valence-corrected chi connectivity index (χ4v) is 5.23. The van der Waals surface area contributed by atoms with Crippen LogP contribution in [0.25, 0.3) is 0 Å². The number of rotatable bonds is 5. The highest BCUT2D eigenvalue weighted by molar-refractivity contribution is 5.95. The van der Waals surface area contributed by atoms with E-state index < -0.39 is 0 Å². The molecule has 4 rings (SSSR count). The van der Waals surface area contributed by atoms with Crippen molar-refractivity contribution in [1.29, 1.82) is 0 Å². The van der Waals surface area contributed by atoms with Crippen LogP contribution in [0.5, 0.6) is 0 Å². The molecule has 0 bridgehead atoms. The van der Waals surface area contributed by atoms with Crippen LogP contribution in [0.4, 0.5) is 0 Å².